The fraction of sp³-hybridized carbons (Fsp3) is 0.607. The molecule has 1 fully saturated rings. The van der Waals surface area contributed by atoms with E-state index >= 15 is 0 Å². The summed E-state index contributed by atoms with van der Waals surface area (Å²) in [5, 5.41) is 6.10. The number of rotatable bonds is 5. The first-order chi connectivity index (χ1) is 17.9. The number of likely N-dealkylation sites (N-methyl/N-ethyl adjacent to an activating group) is 1. The second-order valence-corrected chi connectivity index (χ2v) is 11.5. The fourth-order valence-corrected chi connectivity index (χ4v) is 5.90. The average Bonchev–Trinajstić information content (AvgIpc) is 3.42. The monoisotopic (exact) mass is 528 g/mol. The summed E-state index contributed by atoms with van der Waals surface area (Å²) in [6, 6.07) is 5.48. The van der Waals surface area contributed by atoms with Gasteiger partial charge in [0.1, 0.15) is 17.4 Å². The Labute approximate surface area is 224 Å². The molecule has 2 aliphatic rings. The zero-order valence-electron chi connectivity index (χ0n) is 22.4. The maximum Gasteiger partial charge on any atom is 0.257 e. The molecule has 1 aromatic heterocycles. The normalized spacial score (nSPS) is 24.5. The first-order valence-corrected chi connectivity index (χ1v) is 14.2. The highest BCUT2D eigenvalue weighted by molar-refractivity contribution is 7.09. The van der Waals surface area contributed by atoms with Crippen LogP contribution in [0.1, 0.15) is 61.3 Å². The van der Waals surface area contributed by atoms with Crippen molar-refractivity contribution in [2.75, 3.05) is 39.2 Å². The second kappa shape index (κ2) is 12.8. The summed E-state index contributed by atoms with van der Waals surface area (Å²) in [5.41, 5.74) is 1.08. The molecule has 4 rings (SSSR count). The zero-order chi connectivity index (χ0) is 26.4. The van der Waals surface area contributed by atoms with Gasteiger partial charge >= 0.3 is 0 Å². The Hall–Kier alpha value is -2.49. The van der Waals surface area contributed by atoms with Crippen LogP contribution in [0, 0.1) is 11.8 Å². The lowest BCUT2D eigenvalue weighted by Crippen LogP contribution is -2.46. The van der Waals surface area contributed by atoms with Gasteiger partial charge in [-0.05, 0) is 43.9 Å². The summed E-state index contributed by atoms with van der Waals surface area (Å²) >= 11 is 1.65. The number of hydrogen-bond donors (Lipinski definition) is 1. The van der Waals surface area contributed by atoms with Crippen LogP contribution >= 0.6 is 11.3 Å². The Morgan fingerprint density at radius 1 is 1.22 bits per heavy atom. The van der Waals surface area contributed by atoms with Gasteiger partial charge in [-0.2, -0.15) is 0 Å². The highest BCUT2D eigenvalue weighted by Gasteiger charge is 2.29. The molecule has 37 heavy (non-hydrogen) atoms. The van der Waals surface area contributed by atoms with Gasteiger partial charge in [0.15, 0.2) is 0 Å². The third kappa shape index (κ3) is 7.09. The lowest BCUT2D eigenvalue weighted by molar-refractivity contribution is -0.120. The standard InChI is InChI=1S/C28H40N4O4S/c1-19-15-32(17-26-29-12-13-37-26)20(2)18-36-24-11-10-22(30-27(33)21-8-6-5-7-9-21)14-23(24)28(34)31(3)16-25(19)35-4/h10-14,19-21,25H,5-9,15-18H2,1-4H3,(H,30,33)/t19-,20-,25+/m1/s1. The van der Waals surface area contributed by atoms with E-state index in [2.05, 4.69) is 29.0 Å². The van der Waals surface area contributed by atoms with Crippen molar-refractivity contribution in [2.24, 2.45) is 11.8 Å². The van der Waals surface area contributed by atoms with Crippen molar-refractivity contribution in [1.82, 2.24) is 14.8 Å². The third-order valence-electron chi connectivity index (χ3n) is 7.64. The maximum atomic E-state index is 13.6. The van der Waals surface area contributed by atoms with E-state index in [1.807, 2.05) is 17.6 Å². The van der Waals surface area contributed by atoms with Gasteiger partial charge in [0, 0.05) is 56.5 Å². The Morgan fingerprint density at radius 2 is 2.00 bits per heavy atom. The van der Waals surface area contributed by atoms with Crippen molar-refractivity contribution < 1.29 is 19.1 Å². The van der Waals surface area contributed by atoms with Crippen LogP contribution in [-0.2, 0) is 16.1 Å². The number of fused-ring (bicyclic) bond motifs is 1. The molecule has 2 heterocycles. The Morgan fingerprint density at radius 3 is 2.70 bits per heavy atom. The van der Waals surface area contributed by atoms with Crippen molar-refractivity contribution in [2.45, 2.75) is 64.6 Å². The Kier molecular flexibility index (Phi) is 9.56. The first-order valence-electron chi connectivity index (χ1n) is 13.3. The fourth-order valence-electron chi connectivity index (χ4n) is 5.26. The molecule has 0 saturated heterocycles. The topological polar surface area (TPSA) is 84.0 Å². The largest absolute Gasteiger partial charge is 0.491 e. The van der Waals surface area contributed by atoms with Gasteiger partial charge in [-0.25, -0.2) is 4.98 Å². The number of aromatic nitrogens is 1. The number of hydrogen-bond acceptors (Lipinski definition) is 7. The maximum absolute atomic E-state index is 13.6. The van der Waals surface area contributed by atoms with Crippen LogP contribution in [0.15, 0.2) is 29.8 Å². The van der Waals surface area contributed by atoms with E-state index in [9.17, 15) is 9.59 Å². The molecule has 9 heteroatoms. The van der Waals surface area contributed by atoms with E-state index < -0.39 is 0 Å². The predicted octanol–water partition coefficient (Wildman–Crippen LogP) is 4.67. The first kappa shape index (κ1) is 27.5. The van der Waals surface area contributed by atoms with Gasteiger partial charge in [0.2, 0.25) is 5.91 Å². The number of carbonyl (C=O) groups excluding carboxylic acids is 2. The van der Waals surface area contributed by atoms with Gasteiger partial charge in [-0.3, -0.25) is 14.5 Å². The quantitative estimate of drug-likeness (QED) is 0.607. The van der Waals surface area contributed by atoms with E-state index in [0.717, 1.165) is 43.8 Å². The van der Waals surface area contributed by atoms with E-state index in [0.29, 0.717) is 30.2 Å². The van der Waals surface area contributed by atoms with Crippen molar-refractivity contribution in [1.29, 1.82) is 0 Å². The molecule has 2 aromatic rings. The number of ether oxygens (including phenoxy) is 2. The molecule has 0 radical (unpaired) electrons. The number of amides is 2. The molecular weight excluding hydrogens is 488 g/mol. The van der Waals surface area contributed by atoms with E-state index in [1.165, 1.54) is 6.42 Å². The summed E-state index contributed by atoms with van der Waals surface area (Å²) in [4.78, 5) is 35.0. The van der Waals surface area contributed by atoms with Crippen LogP contribution in [0.5, 0.6) is 5.75 Å². The number of nitrogens with zero attached hydrogens (tertiary/aromatic N) is 3. The minimum absolute atomic E-state index is 0.0363. The van der Waals surface area contributed by atoms with Gasteiger partial charge in [0.05, 0.1) is 18.2 Å². The molecule has 1 saturated carbocycles. The summed E-state index contributed by atoms with van der Waals surface area (Å²) in [7, 11) is 3.50. The average molecular weight is 529 g/mol. The number of anilines is 1. The minimum Gasteiger partial charge on any atom is -0.491 e. The van der Waals surface area contributed by atoms with Crippen molar-refractivity contribution >= 4 is 28.8 Å². The van der Waals surface area contributed by atoms with Gasteiger partial charge in [-0.15, -0.1) is 11.3 Å². The summed E-state index contributed by atoms with van der Waals surface area (Å²) in [5.74, 6) is 0.636. The molecule has 202 valence electrons. The zero-order valence-corrected chi connectivity index (χ0v) is 23.3. The van der Waals surface area contributed by atoms with Crippen LogP contribution < -0.4 is 10.1 Å². The van der Waals surface area contributed by atoms with E-state index in [-0.39, 0.29) is 35.8 Å². The van der Waals surface area contributed by atoms with Crippen LogP contribution in [-0.4, -0.2) is 72.6 Å². The highest BCUT2D eigenvalue weighted by atomic mass is 32.1. The number of methoxy groups -OCH3 is 1. The molecular formula is C28H40N4O4S. The number of benzene rings is 1. The second-order valence-electron chi connectivity index (χ2n) is 10.5. The highest BCUT2D eigenvalue weighted by Crippen LogP contribution is 2.29. The molecule has 0 bridgehead atoms. The molecule has 2 amide bonds. The third-order valence-corrected chi connectivity index (χ3v) is 8.40. The predicted molar refractivity (Wildman–Crippen MR) is 146 cm³/mol. The Bertz CT molecular complexity index is 1040. The van der Waals surface area contributed by atoms with Crippen LogP contribution in [0.4, 0.5) is 5.69 Å². The molecule has 1 N–H and O–H groups in total. The summed E-state index contributed by atoms with van der Waals surface area (Å²) in [6.07, 6.45) is 6.94. The molecule has 1 aliphatic heterocycles. The van der Waals surface area contributed by atoms with Crippen LogP contribution in [0.3, 0.4) is 0 Å². The smallest absolute Gasteiger partial charge is 0.257 e. The minimum atomic E-state index is -0.147. The van der Waals surface area contributed by atoms with Crippen molar-refractivity contribution in [3.63, 3.8) is 0 Å². The lowest BCUT2D eigenvalue weighted by atomic mass is 9.88. The lowest BCUT2D eigenvalue weighted by Gasteiger charge is -2.35. The van der Waals surface area contributed by atoms with Gasteiger partial charge in [-0.1, -0.05) is 26.2 Å². The van der Waals surface area contributed by atoms with Crippen molar-refractivity contribution in [3.8, 4) is 5.75 Å². The summed E-state index contributed by atoms with van der Waals surface area (Å²) < 4.78 is 12.1. The number of thiazole rings is 1. The molecule has 0 unspecified atom stereocenters. The molecule has 3 atom stereocenters. The van der Waals surface area contributed by atoms with Gasteiger partial charge < -0.3 is 19.7 Å². The molecule has 0 spiro atoms. The van der Waals surface area contributed by atoms with Crippen molar-refractivity contribution in [3.05, 3.63) is 40.3 Å². The van der Waals surface area contributed by atoms with Crippen LogP contribution in [0.2, 0.25) is 0 Å². The molecule has 1 aliphatic carbocycles. The van der Waals surface area contributed by atoms with Crippen LogP contribution in [0.25, 0.3) is 0 Å². The summed E-state index contributed by atoms with van der Waals surface area (Å²) in [6.45, 7) is 6.70. The molecule has 8 nitrogen and oxygen atoms in total. The number of carbonyl (C=O) groups is 2. The van der Waals surface area contributed by atoms with E-state index in [1.54, 1.807) is 42.5 Å². The van der Waals surface area contributed by atoms with E-state index in [4.69, 9.17) is 9.47 Å². The SMILES string of the molecule is CO[C@H]1CN(C)C(=O)c2cc(NC(=O)C3CCCCC3)ccc2OC[C@@H](C)N(Cc2nccs2)C[C@H]1C. The van der Waals surface area contributed by atoms with Gasteiger partial charge in [0.25, 0.3) is 5.91 Å². The Balaban J connectivity index is 1.59. The number of nitrogens with one attached hydrogen (secondary N) is 1. The molecule has 1 aromatic carbocycles.